The summed E-state index contributed by atoms with van der Waals surface area (Å²) in [4.78, 5) is 9.95. The Kier molecular flexibility index (Phi) is 11.7. The van der Waals surface area contributed by atoms with Crippen molar-refractivity contribution in [3.8, 4) is 0 Å². The quantitative estimate of drug-likeness (QED) is 0.420. The Morgan fingerprint density at radius 1 is 1.45 bits per heavy atom. The zero-order valence-corrected chi connectivity index (χ0v) is 7.64. The Morgan fingerprint density at radius 2 is 2.09 bits per heavy atom. The molecule has 2 nitrogen and oxygen atoms in total. The molecule has 0 aliphatic carbocycles. The first-order valence-corrected chi connectivity index (χ1v) is 3.67. The van der Waals surface area contributed by atoms with Crippen molar-refractivity contribution < 1.29 is 26.4 Å². The van der Waals surface area contributed by atoms with Gasteiger partial charge in [-0.15, -0.1) is 0 Å². The van der Waals surface area contributed by atoms with Crippen LogP contribution in [-0.2, 0) is 21.3 Å². The van der Waals surface area contributed by atoms with E-state index in [-0.39, 0.29) is 16.5 Å². The van der Waals surface area contributed by atoms with Crippen LogP contribution in [0.1, 0.15) is 32.6 Å². The van der Waals surface area contributed by atoms with Gasteiger partial charge in [0.15, 0.2) is 0 Å². The molecule has 0 amide bonds. The van der Waals surface area contributed by atoms with Gasteiger partial charge >= 0.3 is 5.97 Å². The van der Waals surface area contributed by atoms with Crippen LogP contribution in [0, 0.1) is 0 Å². The molecule has 0 bridgehead atoms. The van der Waals surface area contributed by atoms with E-state index in [1.54, 1.807) is 6.08 Å². The Morgan fingerprint density at radius 3 is 2.55 bits per heavy atom. The molecule has 0 heterocycles. The largest absolute Gasteiger partial charge is 0.478 e. The number of unbranched alkanes of at least 4 members (excludes halogenated alkanes) is 3. The van der Waals surface area contributed by atoms with Gasteiger partial charge in [-0.1, -0.05) is 25.8 Å². The summed E-state index contributed by atoms with van der Waals surface area (Å²) in [6, 6.07) is 0. The maximum Gasteiger partial charge on any atom is 0.327 e. The van der Waals surface area contributed by atoms with Gasteiger partial charge in [0.1, 0.15) is 0 Å². The third-order valence-corrected chi connectivity index (χ3v) is 1.23. The molecule has 0 rings (SSSR count). The average molecular weight is 201 g/mol. The zero-order chi connectivity index (χ0) is 7.82. The van der Waals surface area contributed by atoms with Gasteiger partial charge in [0.25, 0.3) is 0 Å². The maximum absolute atomic E-state index is 9.95. The molecule has 0 saturated carbocycles. The van der Waals surface area contributed by atoms with Crippen molar-refractivity contribution in [3.63, 3.8) is 0 Å². The first-order valence-electron chi connectivity index (χ1n) is 3.67. The summed E-state index contributed by atoms with van der Waals surface area (Å²) in [6.07, 6.45) is 7.26. The van der Waals surface area contributed by atoms with E-state index in [0.717, 1.165) is 12.8 Å². The SMILES string of the molecule is CCCCCC=CC(=O)O.[Ni]. The van der Waals surface area contributed by atoms with Crippen molar-refractivity contribution in [1.29, 1.82) is 0 Å². The molecule has 0 aliphatic rings. The Hall–Kier alpha value is -0.296. The van der Waals surface area contributed by atoms with E-state index >= 15 is 0 Å². The van der Waals surface area contributed by atoms with Gasteiger partial charge in [0.2, 0.25) is 0 Å². The van der Waals surface area contributed by atoms with Crippen molar-refractivity contribution in [2.24, 2.45) is 0 Å². The second kappa shape index (κ2) is 9.70. The summed E-state index contributed by atoms with van der Waals surface area (Å²) in [5.41, 5.74) is 0. The third kappa shape index (κ3) is 12.8. The van der Waals surface area contributed by atoms with Crippen LogP contribution in [0.15, 0.2) is 12.2 Å². The van der Waals surface area contributed by atoms with E-state index in [1.807, 2.05) is 0 Å². The fourth-order valence-electron chi connectivity index (χ4n) is 0.696. The van der Waals surface area contributed by atoms with E-state index in [0.29, 0.717) is 0 Å². The molecular weight excluding hydrogens is 187 g/mol. The van der Waals surface area contributed by atoms with E-state index in [4.69, 9.17) is 5.11 Å². The minimum atomic E-state index is -0.850. The summed E-state index contributed by atoms with van der Waals surface area (Å²) >= 11 is 0. The number of allylic oxidation sites excluding steroid dienone is 1. The predicted octanol–water partition coefficient (Wildman–Crippen LogP) is 2.20. The van der Waals surface area contributed by atoms with Crippen molar-refractivity contribution in [1.82, 2.24) is 0 Å². The summed E-state index contributed by atoms with van der Waals surface area (Å²) in [5.74, 6) is -0.850. The normalized spacial score (nSPS) is 9.55. The monoisotopic (exact) mass is 200 g/mol. The fourth-order valence-corrected chi connectivity index (χ4v) is 0.696. The predicted molar refractivity (Wildman–Crippen MR) is 40.9 cm³/mol. The second-order valence-electron chi connectivity index (χ2n) is 2.24. The molecule has 1 N–H and O–H groups in total. The fraction of sp³-hybridized carbons (Fsp3) is 0.625. The first-order chi connectivity index (χ1) is 4.77. The molecule has 0 saturated heterocycles. The molecule has 0 aromatic rings. The molecule has 0 atom stereocenters. The van der Waals surface area contributed by atoms with Gasteiger partial charge < -0.3 is 5.11 Å². The van der Waals surface area contributed by atoms with E-state index in [2.05, 4.69) is 6.92 Å². The van der Waals surface area contributed by atoms with E-state index in [1.165, 1.54) is 18.9 Å². The number of hydrogen-bond donors (Lipinski definition) is 1. The Bertz CT molecular complexity index is 121. The number of carboxylic acid groups (broad SMARTS) is 1. The molecule has 0 spiro atoms. The molecule has 0 fully saturated rings. The zero-order valence-electron chi connectivity index (χ0n) is 6.65. The average Bonchev–Trinajstić information content (AvgIpc) is 1.87. The number of aliphatic carboxylic acids is 1. The molecule has 68 valence electrons. The summed E-state index contributed by atoms with van der Waals surface area (Å²) in [7, 11) is 0. The van der Waals surface area contributed by atoms with Crippen LogP contribution in [0.4, 0.5) is 0 Å². The summed E-state index contributed by atoms with van der Waals surface area (Å²) in [5, 5.41) is 8.18. The van der Waals surface area contributed by atoms with Crippen LogP contribution in [0.25, 0.3) is 0 Å². The molecule has 0 unspecified atom stereocenters. The van der Waals surface area contributed by atoms with Gasteiger partial charge in [0, 0.05) is 22.6 Å². The summed E-state index contributed by atoms with van der Waals surface area (Å²) in [6.45, 7) is 2.13. The molecular formula is C8H14NiO2. The number of carbonyl (C=O) groups is 1. The summed E-state index contributed by atoms with van der Waals surface area (Å²) < 4.78 is 0. The smallest absolute Gasteiger partial charge is 0.327 e. The molecule has 3 heteroatoms. The molecule has 0 aliphatic heterocycles. The molecule has 0 aromatic heterocycles. The number of carboxylic acids is 1. The van der Waals surface area contributed by atoms with Crippen LogP contribution in [0.2, 0.25) is 0 Å². The number of rotatable bonds is 5. The van der Waals surface area contributed by atoms with Crippen molar-refractivity contribution >= 4 is 5.97 Å². The minimum absolute atomic E-state index is 0. The molecule has 11 heavy (non-hydrogen) atoms. The Labute approximate surface area is 77.6 Å². The first kappa shape index (κ1) is 13.3. The standard InChI is InChI=1S/C8H14O2.Ni/c1-2-3-4-5-6-7-8(9)10;/h6-7H,2-5H2,1H3,(H,9,10);. The van der Waals surface area contributed by atoms with E-state index in [9.17, 15) is 4.79 Å². The van der Waals surface area contributed by atoms with Crippen LogP contribution in [0.5, 0.6) is 0 Å². The van der Waals surface area contributed by atoms with Crippen LogP contribution >= 0.6 is 0 Å². The van der Waals surface area contributed by atoms with Gasteiger partial charge in [-0.25, -0.2) is 4.79 Å². The van der Waals surface area contributed by atoms with Crippen molar-refractivity contribution in [2.75, 3.05) is 0 Å². The van der Waals surface area contributed by atoms with Gasteiger partial charge in [-0.05, 0) is 12.8 Å². The maximum atomic E-state index is 9.95. The minimum Gasteiger partial charge on any atom is -0.478 e. The van der Waals surface area contributed by atoms with Crippen LogP contribution < -0.4 is 0 Å². The van der Waals surface area contributed by atoms with Crippen LogP contribution in [0.3, 0.4) is 0 Å². The Balaban J connectivity index is 0. The van der Waals surface area contributed by atoms with Crippen LogP contribution in [-0.4, -0.2) is 11.1 Å². The van der Waals surface area contributed by atoms with Gasteiger partial charge in [-0.2, -0.15) is 0 Å². The van der Waals surface area contributed by atoms with Gasteiger partial charge in [-0.3, -0.25) is 0 Å². The van der Waals surface area contributed by atoms with Gasteiger partial charge in [0.05, 0.1) is 0 Å². The van der Waals surface area contributed by atoms with Crippen molar-refractivity contribution in [2.45, 2.75) is 32.6 Å². The second-order valence-corrected chi connectivity index (χ2v) is 2.24. The van der Waals surface area contributed by atoms with E-state index < -0.39 is 5.97 Å². The molecule has 0 aromatic carbocycles. The third-order valence-electron chi connectivity index (χ3n) is 1.23. The topological polar surface area (TPSA) is 37.3 Å². The van der Waals surface area contributed by atoms with Crippen molar-refractivity contribution in [3.05, 3.63) is 12.2 Å². The number of hydrogen-bond acceptors (Lipinski definition) is 1. The molecule has 0 radical (unpaired) electrons.